The van der Waals surface area contributed by atoms with Gasteiger partial charge in [0.25, 0.3) is 5.91 Å². The van der Waals surface area contributed by atoms with Gasteiger partial charge in [0, 0.05) is 48.1 Å². The second kappa shape index (κ2) is 11.1. The number of aliphatic hydroxyl groups is 1. The highest BCUT2D eigenvalue weighted by molar-refractivity contribution is 7.10. The molecule has 2 atom stereocenters. The molecule has 1 aliphatic carbocycles. The maximum Gasteiger partial charge on any atom is 0.254 e. The Labute approximate surface area is 177 Å². The average molecular weight is 423 g/mol. The molecule has 4 rings (SSSR count). The van der Waals surface area contributed by atoms with Crippen LogP contribution in [0.2, 0.25) is 0 Å². The van der Waals surface area contributed by atoms with Crippen molar-refractivity contribution in [2.75, 3.05) is 32.8 Å². The molecule has 3 aliphatic rings. The van der Waals surface area contributed by atoms with E-state index in [0.29, 0.717) is 12.0 Å². The zero-order valence-electron chi connectivity index (χ0n) is 17.2. The molecule has 3 fully saturated rings. The van der Waals surface area contributed by atoms with E-state index >= 15 is 0 Å². The van der Waals surface area contributed by atoms with E-state index in [9.17, 15) is 4.79 Å². The van der Waals surface area contributed by atoms with Crippen molar-refractivity contribution in [1.82, 2.24) is 4.90 Å². The number of nitrogens with zero attached hydrogens (tertiary/aromatic N) is 1. The van der Waals surface area contributed by atoms with Crippen LogP contribution in [0.5, 0.6) is 0 Å². The van der Waals surface area contributed by atoms with E-state index in [0.717, 1.165) is 37.7 Å². The van der Waals surface area contributed by atoms with Crippen LogP contribution in [0.3, 0.4) is 0 Å². The first-order valence-corrected chi connectivity index (χ1v) is 11.9. The number of carbonyl (C=O) groups excluding carboxylic acids is 2. The molecule has 29 heavy (non-hydrogen) atoms. The summed E-state index contributed by atoms with van der Waals surface area (Å²) >= 11 is 1.79. The van der Waals surface area contributed by atoms with Crippen molar-refractivity contribution >= 4 is 23.7 Å². The summed E-state index contributed by atoms with van der Waals surface area (Å²) in [6.07, 6.45) is 10.0. The molecule has 0 aromatic carbocycles. The molecular weight excluding hydrogens is 388 g/mol. The fourth-order valence-electron chi connectivity index (χ4n) is 5.44. The van der Waals surface area contributed by atoms with Gasteiger partial charge in [0.15, 0.2) is 0 Å². The predicted octanol–water partition coefficient (Wildman–Crippen LogP) is 0.664. The first-order chi connectivity index (χ1) is 14.2. The van der Waals surface area contributed by atoms with Gasteiger partial charge in [-0.2, -0.15) is 0 Å². The number of likely N-dealkylation sites (tertiary alicyclic amines) is 2. The third kappa shape index (κ3) is 5.58. The number of hydrogen-bond acceptors (Lipinski definition) is 5. The van der Waals surface area contributed by atoms with Gasteiger partial charge in [0.1, 0.15) is 6.54 Å². The normalized spacial score (nSPS) is 29.3. The fraction of sp³-hybridized carbons (Fsp3) is 0.727. The van der Waals surface area contributed by atoms with Gasteiger partial charge in [-0.3, -0.25) is 4.79 Å². The van der Waals surface area contributed by atoms with Crippen LogP contribution in [0.4, 0.5) is 0 Å². The van der Waals surface area contributed by atoms with Gasteiger partial charge in [-0.1, -0.05) is 12.8 Å². The lowest BCUT2D eigenvalue weighted by Gasteiger charge is -2.44. The molecule has 1 saturated carbocycles. The number of hydrogen-bond donors (Lipinski definition) is 2. The molecule has 2 N–H and O–H groups in total. The Bertz CT molecular complexity index is 655. The van der Waals surface area contributed by atoms with E-state index in [2.05, 4.69) is 16.3 Å². The Morgan fingerprint density at radius 3 is 2.62 bits per heavy atom. The standard InChI is InChI=1S/C21H32N2O2S.CH2O2/c24-13-12-22-10-7-17(8-11-22)20-14-18(15-26-20)21(25)23-9-3-5-16-4-1-2-6-19(16)23;2-1-3/h14-17,19,24H,1-13H2;1H,(H,2,3). The van der Waals surface area contributed by atoms with Gasteiger partial charge >= 0.3 is 0 Å². The quantitative estimate of drug-likeness (QED) is 0.699. The van der Waals surface area contributed by atoms with E-state index in [4.69, 9.17) is 15.0 Å². The van der Waals surface area contributed by atoms with E-state index < -0.39 is 6.47 Å². The summed E-state index contributed by atoms with van der Waals surface area (Å²) in [6, 6.07) is 2.69. The van der Waals surface area contributed by atoms with Gasteiger partial charge in [-0.15, -0.1) is 11.3 Å². The van der Waals surface area contributed by atoms with E-state index in [1.807, 2.05) is 0 Å². The number of thiophene rings is 1. The molecule has 3 heterocycles. The molecule has 0 spiro atoms. The van der Waals surface area contributed by atoms with Crippen molar-refractivity contribution < 1.29 is 24.7 Å². The Morgan fingerprint density at radius 1 is 1.21 bits per heavy atom. The van der Waals surface area contributed by atoms with Gasteiger partial charge in [-0.05, 0) is 37.7 Å². The number of carbonyl (C=O) groups is 2. The lowest BCUT2D eigenvalue weighted by atomic mass is 9.78. The highest BCUT2D eigenvalue weighted by atomic mass is 32.1. The largest absolute Gasteiger partial charge is 0.554 e. The maximum absolute atomic E-state index is 13.2. The molecule has 1 aromatic heterocycles. The van der Waals surface area contributed by atoms with Crippen LogP contribution >= 0.6 is 11.3 Å². The van der Waals surface area contributed by atoms with Crippen molar-refractivity contribution in [2.24, 2.45) is 5.92 Å². The third-order valence-corrected chi connectivity index (χ3v) is 8.03. The number of quaternary nitrogens is 1. The molecule has 2 saturated heterocycles. The smallest absolute Gasteiger partial charge is 0.254 e. The summed E-state index contributed by atoms with van der Waals surface area (Å²) in [7, 11) is 0. The van der Waals surface area contributed by atoms with Gasteiger partial charge in [0.2, 0.25) is 0 Å². The number of nitrogens with one attached hydrogen (secondary N) is 1. The molecular formula is C22H34N2O4S. The van der Waals surface area contributed by atoms with Crippen LogP contribution in [0, 0.1) is 5.92 Å². The summed E-state index contributed by atoms with van der Waals surface area (Å²) in [5.74, 6) is 1.64. The summed E-state index contributed by atoms with van der Waals surface area (Å²) in [5, 5.41) is 19.5. The molecule has 1 amide bonds. The van der Waals surface area contributed by atoms with E-state index in [-0.39, 0.29) is 12.5 Å². The SMILES string of the molecule is O=C(c1csc(C2CC[NH+](CCO)CC2)c1)N1CCCC2CCCCC21.O=C[O-]. The Hall–Kier alpha value is -1.44. The first kappa shape index (κ1) is 22.2. The number of fused-ring (bicyclic) bond motifs is 1. The molecule has 0 radical (unpaired) electrons. The molecule has 2 unspecified atom stereocenters. The summed E-state index contributed by atoms with van der Waals surface area (Å²) in [6.45, 7) is 3.90. The van der Waals surface area contributed by atoms with Gasteiger partial charge in [0.05, 0.1) is 25.3 Å². The lowest BCUT2D eigenvalue weighted by Crippen LogP contribution is -3.13. The number of carboxylic acid groups (broad SMARTS) is 1. The molecule has 162 valence electrons. The Balaban J connectivity index is 0.000000755. The summed E-state index contributed by atoms with van der Waals surface area (Å²) < 4.78 is 0. The zero-order valence-corrected chi connectivity index (χ0v) is 18.0. The minimum absolute atomic E-state index is 0.285. The number of piperidine rings is 2. The topological polar surface area (TPSA) is 85.1 Å². The Morgan fingerprint density at radius 2 is 1.90 bits per heavy atom. The second-order valence-electron chi connectivity index (χ2n) is 8.58. The number of aliphatic hydroxyl groups excluding tert-OH is 1. The fourth-order valence-corrected chi connectivity index (χ4v) is 6.50. The van der Waals surface area contributed by atoms with Crippen molar-refractivity contribution in [3.63, 3.8) is 0 Å². The molecule has 0 bridgehead atoms. The van der Waals surface area contributed by atoms with Crippen molar-refractivity contribution in [1.29, 1.82) is 0 Å². The summed E-state index contributed by atoms with van der Waals surface area (Å²) in [5.41, 5.74) is 0.932. The zero-order chi connectivity index (χ0) is 20.6. The van der Waals surface area contributed by atoms with Crippen LogP contribution in [0.1, 0.15) is 72.5 Å². The lowest BCUT2D eigenvalue weighted by molar-refractivity contribution is -0.905. The summed E-state index contributed by atoms with van der Waals surface area (Å²) in [4.78, 5) is 26.6. The highest BCUT2D eigenvalue weighted by Gasteiger charge is 2.36. The van der Waals surface area contributed by atoms with Crippen molar-refractivity contribution in [3.05, 3.63) is 21.9 Å². The van der Waals surface area contributed by atoms with E-state index in [1.165, 1.54) is 61.1 Å². The van der Waals surface area contributed by atoms with Gasteiger partial charge < -0.3 is 24.8 Å². The van der Waals surface area contributed by atoms with E-state index in [1.54, 1.807) is 11.3 Å². The average Bonchev–Trinajstić information content (AvgIpc) is 3.24. The predicted molar refractivity (Wildman–Crippen MR) is 111 cm³/mol. The molecule has 7 heteroatoms. The van der Waals surface area contributed by atoms with Crippen molar-refractivity contribution in [3.8, 4) is 0 Å². The number of amides is 1. The third-order valence-electron chi connectivity index (χ3n) is 6.93. The first-order valence-electron chi connectivity index (χ1n) is 11.1. The second-order valence-corrected chi connectivity index (χ2v) is 9.53. The highest BCUT2D eigenvalue weighted by Crippen LogP contribution is 2.37. The van der Waals surface area contributed by atoms with Crippen LogP contribution in [-0.4, -0.2) is 61.2 Å². The van der Waals surface area contributed by atoms with Crippen molar-refractivity contribution in [2.45, 2.75) is 63.3 Å². The monoisotopic (exact) mass is 422 g/mol. The maximum atomic E-state index is 13.2. The van der Waals surface area contributed by atoms with Gasteiger partial charge in [-0.25, -0.2) is 0 Å². The van der Waals surface area contributed by atoms with Crippen LogP contribution in [0.15, 0.2) is 11.4 Å². The van der Waals surface area contributed by atoms with Crippen LogP contribution in [-0.2, 0) is 4.79 Å². The molecule has 6 nitrogen and oxygen atoms in total. The molecule has 2 aliphatic heterocycles. The minimum atomic E-state index is -0.500. The van der Waals surface area contributed by atoms with Crippen LogP contribution < -0.4 is 10.0 Å². The van der Waals surface area contributed by atoms with Crippen LogP contribution in [0.25, 0.3) is 0 Å². The minimum Gasteiger partial charge on any atom is -0.554 e. The molecule has 1 aromatic rings. The Kier molecular flexibility index (Phi) is 8.51. The number of rotatable bonds is 4.